The van der Waals surface area contributed by atoms with Crippen LogP contribution in [0.3, 0.4) is 0 Å². The van der Waals surface area contributed by atoms with E-state index in [4.69, 9.17) is 0 Å². The maximum atomic E-state index is 11.8. The number of carbonyl (C=O) groups is 2. The first-order valence-electron chi connectivity index (χ1n) is 9.39. The molecule has 4 aliphatic rings. The van der Waals surface area contributed by atoms with Gasteiger partial charge in [0.05, 0.1) is 6.10 Å². The monoisotopic (exact) mass is 328 g/mol. The Hall–Kier alpha value is -1.22. The first-order chi connectivity index (χ1) is 11.3. The van der Waals surface area contributed by atoms with Gasteiger partial charge in [0, 0.05) is 17.3 Å². The number of hydrogen-bond acceptors (Lipinski definition) is 3. The molecule has 0 aliphatic heterocycles. The largest absolute Gasteiger partial charge is 0.393 e. The van der Waals surface area contributed by atoms with Crippen LogP contribution in [-0.2, 0) is 9.59 Å². The molecular weight excluding hydrogens is 300 g/mol. The molecule has 4 rings (SSSR count). The third-order valence-electron chi connectivity index (χ3n) is 8.08. The van der Waals surface area contributed by atoms with Crippen LogP contribution >= 0.6 is 0 Å². The Kier molecular flexibility index (Phi) is 3.48. The number of fused-ring (bicyclic) bond motifs is 5. The predicted octanol–water partition coefficient (Wildman–Crippen LogP) is 3.33. The summed E-state index contributed by atoms with van der Waals surface area (Å²) in [6.07, 6.45) is 10.0. The molecule has 0 heterocycles. The van der Waals surface area contributed by atoms with Gasteiger partial charge in [0.1, 0.15) is 6.29 Å². The molecule has 0 spiro atoms. The van der Waals surface area contributed by atoms with E-state index in [2.05, 4.69) is 20.8 Å². The Bertz CT molecular complexity index is 647. The lowest BCUT2D eigenvalue weighted by molar-refractivity contribution is -0.131. The van der Waals surface area contributed by atoms with Crippen molar-refractivity contribution in [1.82, 2.24) is 0 Å². The van der Waals surface area contributed by atoms with Crippen LogP contribution in [0.2, 0.25) is 0 Å². The van der Waals surface area contributed by atoms with Gasteiger partial charge in [-0.05, 0) is 61.0 Å². The third-order valence-corrected chi connectivity index (χ3v) is 8.08. The minimum Gasteiger partial charge on any atom is -0.393 e. The van der Waals surface area contributed by atoms with E-state index in [0.717, 1.165) is 25.5 Å². The van der Waals surface area contributed by atoms with Gasteiger partial charge in [-0.25, -0.2) is 0 Å². The Balaban J connectivity index is 1.76. The lowest BCUT2D eigenvalue weighted by atomic mass is 9.47. The van der Waals surface area contributed by atoms with E-state index in [-0.39, 0.29) is 28.4 Å². The number of allylic oxidation sites excluding steroid dienone is 4. The minimum absolute atomic E-state index is 0.0614. The molecule has 0 amide bonds. The van der Waals surface area contributed by atoms with Crippen molar-refractivity contribution >= 4 is 12.1 Å². The van der Waals surface area contributed by atoms with Gasteiger partial charge in [-0.1, -0.05) is 32.4 Å². The molecule has 4 aliphatic carbocycles. The molecule has 3 fully saturated rings. The SMILES string of the molecule is C[C@@H]1CC2C3CCC4=CC(=O)C=C[C@]4(C)C3C(O)C[C@]2(C)[C@H]1C=O. The highest BCUT2D eigenvalue weighted by Crippen LogP contribution is 2.66. The van der Waals surface area contributed by atoms with Crippen molar-refractivity contribution in [2.24, 2.45) is 40.4 Å². The molecule has 24 heavy (non-hydrogen) atoms. The van der Waals surface area contributed by atoms with Crippen LogP contribution in [-0.4, -0.2) is 23.3 Å². The van der Waals surface area contributed by atoms with Gasteiger partial charge < -0.3 is 9.90 Å². The lowest BCUT2D eigenvalue weighted by Crippen LogP contribution is -2.56. The Morgan fingerprint density at radius 2 is 2.08 bits per heavy atom. The Morgan fingerprint density at radius 3 is 2.79 bits per heavy atom. The number of hydrogen-bond donors (Lipinski definition) is 1. The van der Waals surface area contributed by atoms with Crippen LogP contribution in [0.4, 0.5) is 0 Å². The molecule has 8 atom stereocenters. The van der Waals surface area contributed by atoms with Crippen molar-refractivity contribution in [2.75, 3.05) is 0 Å². The average molecular weight is 328 g/mol. The van der Waals surface area contributed by atoms with E-state index in [0.29, 0.717) is 24.2 Å². The van der Waals surface area contributed by atoms with E-state index in [1.54, 1.807) is 12.2 Å². The molecule has 3 saturated carbocycles. The Labute approximate surface area is 144 Å². The third kappa shape index (κ3) is 1.94. The number of ketones is 1. The summed E-state index contributed by atoms with van der Waals surface area (Å²) in [5.74, 6) is 1.64. The predicted molar refractivity (Wildman–Crippen MR) is 92.1 cm³/mol. The van der Waals surface area contributed by atoms with Gasteiger partial charge >= 0.3 is 0 Å². The van der Waals surface area contributed by atoms with Gasteiger partial charge in [-0.2, -0.15) is 0 Å². The highest BCUT2D eigenvalue weighted by atomic mass is 16.3. The normalized spacial score (nSPS) is 53.0. The summed E-state index contributed by atoms with van der Waals surface area (Å²) in [4.78, 5) is 23.5. The molecule has 3 heteroatoms. The van der Waals surface area contributed by atoms with Gasteiger partial charge in [0.25, 0.3) is 0 Å². The van der Waals surface area contributed by atoms with E-state index in [1.807, 2.05) is 6.08 Å². The van der Waals surface area contributed by atoms with Crippen molar-refractivity contribution in [1.29, 1.82) is 0 Å². The molecule has 0 bridgehead atoms. The van der Waals surface area contributed by atoms with Crippen molar-refractivity contribution in [3.8, 4) is 0 Å². The van der Waals surface area contributed by atoms with E-state index in [1.165, 1.54) is 5.57 Å². The number of aliphatic hydroxyl groups excluding tert-OH is 1. The summed E-state index contributed by atoms with van der Waals surface area (Å²) in [5, 5.41) is 11.1. The first-order valence-corrected chi connectivity index (χ1v) is 9.39. The van der Waals surface area contributed by atoms with Crippen LogP contribution < -0.4 is 0 Å². The fourth-order valence-corrected chi connectivity index (χ4v) is 7.02. The highest BCUT2D eigenvalue weighted by molar-refractivity contribution is 6.01. The summed E-state index contributed by atoms with van der Waals surface area (Å²) >= 11 is 0. The van der Waals surface area contributed by atoms with Crippen LogP contribution in [0.5, 0.6) is 0 Å². The molecule has 130 valence electrons. The smallest absolute Gasteiger partial charge is 0.178 e. The molecule has 0 saturated heterocycles. The maximum Gasteiger partial charge on any atom is 0.178 e. The molecule has 4 unspecified atom stereocenters. The summed E-state index contributed by atoms with van der Waals surface area (Å²) in [5.41, 5.74) is 0.907. The highest BCUT2D eigenvalue weighted by Gasteiger charge is 2.62. The fourth-order valence-electron chi connectivity index (χ4n) is 7.02. The molecule has 0 radical (unpaired) electrons. The lowest BCUT2D eigenvalue weighted by Gasteiger charge is -2.58. The number of aliphatic hydroxyl groups is 1. The standard InChI is InChI=1S/C21H28O3/c1-12-8-16-15-5-4-13-9-14(23)6-7-20(13,2)19(15)18(24)10-21(16,3)17(12)11-22/h6-7,9,11-12,15-19,24H,4-5,8,10H2,1-3H3/t12-,15?,16?,17+,18?,19?,20+,21+/m1/s1. The van der Waals surface area contributed by atoms with Gasteiger partial charge in [-0.3, -0.25) is 4.79 Å². The summed E-state index contributed by atoms with van der Waals surface area (Å²) in [7, 11) is 0. The van der Waals surface area contributed by atoms with Gasteiger partial charge in [0.15, 0.2) is 5.78 Å². The van der Waals surface area contributed by atoms with Crippen LogP contribution in [0.25, 0.3) is 0 Å². The first kappa shape index (κ1) is 16.3. The maximum absolute atomic E-state index is 11.8. The molecule has 1 N–H and O–H groups in total. The summed E-state index contributed by atoms with van der Waals surface area (Å²) < 4.78 is 0. The zero-order valence-electron chi connectivity index (χ0n) is 14.9. The van der Waals surface area contributed by atoms with Crippen molar-refractivity contribution in [2.45, 2.75) is 52.6 Å². The van der Waals surface area contributed by atoms with Gasteiger partial charge in [0.2, 0.25) is 0 Å². The van der Waals surface area contributed by atoms with Crippen LogP contribution in [0.1, 0.15) is 46.5 Å². The second-order valence-electron chi connectivity index (χ2n) is 9.17. The minimum atomic E-state index is -0.407. The molecule has 0 aromatic rings. The Morgan fingerprint density at radius 1 is 1.33 bits per heavy atom. The number of aldehydes is 1. The van der Waals surface area contributed by atoms with Gasteiger partial charge in [-0.15, -0.1) is 0 Å². The quantitative estimate of drug-likeness (QED) is 0.751. The van der Waals surface area contributed by atoms with E-state index < -0.39 is 6.10 Å². The fraction of sp³-hybridized carbons (Fsp3) is 0.714. The van der Waals surface area contributed by atoms with Crippen molar-refractivity contribution < 1.29 is 14.7 Å². The van der Waals surface area contributed by atoms with Crippen LogP contribution in [0.15, 0.2) is 23.8 Å². The summed E-state index contributed by atoms with van der Waals surface area (Å²) in [6.45, 7) is 6.62. The molecule has 3 nitrogen and oxygen atoms in total. The zero-order chi connectivity index (χ0) is 17.3. The van der Waals surface area contributed by atoms with E-state index in [9.17, 15) is 14.7 Å². The zero-order valence-corrected chi connectivity index (χ0v) is 14.9. The second kappa shape index (κ2) is 5.14. The van der Waals surface area contributed by atoms with E-state index >= 15 is 0 Å². The number of rotatable bonds is 1. The van der Waals surface area contributed by atoms with Crippen molar-refractivity contribution in [3.63, 3.8) is 0 Å². The number of carbonyl (C=O) groups excluding carboxylic acids is 2. The second-order valence-corrected chi connectivity index (χ2v) is 9.17. The topological polar surface area (TPSA) is 54.4 Å². The van der Waals surface area contributed by atoms with Crippen molar-refractivity contribution in [3.05, 3.63) is 23.8 Å². The van der Waals surface area contributed by atoms with Crippen LogP contribution in [0, 0.1) is 40.4 Å². The average Bonchev–Trinajstić information content (AvgIpc) is 2.77. The molecule has 0 aromatic heterocycles. The summed E-state index contributed by atoms with van der Waals surface area (Å²) in [6, 6.07) is 0. The molecule has 0 aromatic carbocycles. The molecular formula is C21H28O3.